The molecule has 0 unspecified atom stereocenters. The van der Waals surface area contributed by atoms with E-state index in [0.29, 0.717) is 0 Å². The van der Waals surface area contributed by atoms with E-state index >= 15 is 0 Å². The Morgan fingerprint density at radius 3 is 2.13 bits per heavy atom. The van der Waals surface area contributed by atoms with E-state index in [-0.39, 0.29) is 0 Å². The summed E-state index contributed by atoms with van der Waals surface area (Å²) in [6.45, 7) is 2.23. The molecule has 0 aromatic carbocycles. The van der Waals surface area contributed by atoms with Gasteiger partial charge in [0, 0.05) is 6.42 Å². The fourth-order valence-electron chi connectivity index (χ4n) is 1.55. The maximum Gasteiger partial charge on any atom is 0.0621 e. The molecule has 0 rings (SSSR count). The summed E-state index contributed by atoms with van der Waals surface area (Å²) in [4.78, 5) is 0. The molecule has 0 aromatic rings. The first kappa shape index (κ1) is 14.2. The second-order valence-electron chi connectivity index (χ2n) is 4.08. The number of allylic oxidation sites excluding steroid dienone is 2. The van der Waals surface area contributed by atoms with Crippen LogP contribution in [0, 0.1) is 11.3 Å². The van der Waals surface area contributed by atoms with Crippen LogP contribution in [-0.4, -0.2) is 0 Å². The molecule has 0 spiro atoms. The fraction of sp³-hybridized carbons (Fsp3) is 0.786. The molecule has 0 N–H and O–H groups in total. The lowest BCUT2D eigenvalue weighted by Crippen LogP contribution is -1.78. The first-order valence-electron chi connectivity index (χ1n) is 6.43. The largest absolute Gasteiger partial charge is 0.198 e. The van der Waals surface area contributed by atoms with Crippen LogP contribution < -0.4 is 0 Å². The lowest BCUT2D eigenvalue weighted by Gasteiger charge is -1.97. The maximum absolute atomic E-state index is 8.35. The van der Waals surface area contributed by atoms with Crippen molar-refractivity contribution in [3.63, 3.8) is 0 Å². The summed E-state index contributed by atoms with van der Waals surface area (Å²) in [5.41, 5.74) is 0. The smallest absolute Gasteiger partial charge is 0.0621 e. The average molecular weight is 207 g/mol. The highest BCUT2D eigenvalue weighted by Gasteiger charge is 1.89. The van der Waals surface area contributed by atoms with Crippen molar-refractivity contribution in [3.8, 4) is 6.07 Å². The van der Waals surface area contributed by atoms with Crippen LogP contribution in [0.5, 0.6) is 0 Å². The van der Waals surface area contributed by atoms with E-state index in [2.05, 4.69) is 25.1 Å². The van der Waals surface area contributed by atoms with E-state index in [1.54, 1.807) is 0 Å². The molecule has 1 nitrogen and oxygen atoms in total. The Balaban J connectivity index is 2.98. The van der Waals surface area contributed by atoms with Gasteiger partial charge in [0.1, 0.15) is 0 Å². The second-order valence-corrected chi connectivity index (χ2v) is 4.08. The number of unbranched alkanes of at least 4 members (excludes halogenated alkanes) is 8. The zero-order valence-corrected chi connectivity index (χ0v) is 10.2. The number of hydrogen-bond acceptors (Lipinski definition) is 1. The minimum atomic E-state index is 0.733. The first-order valence-corrected chi connectivity index (χ1v) is 6.43. The number of nitriles is 1. The van der Waals surface area contributed by atoms with Crippen molar-refractivity contribution in [1.82, 2.24) is 0 Å². The lowest BCUT2D eigenvalue weighted by molar-refractivity contribution is 0.623. The normalized spacial score (nSPS) is 10.7. The van der Waals surface area contributed by atoms with E-state index in [9.17, 15) is 0 Å². The van der Waals surface area contributed by atoms with Gasteiger partial charge in [0.25, 0.3) is 0 Å². The average Bonchev–Trinajstić information content (AvgIpc) is 2.26. The number of rotatable bonds is 10. The summed E-state index contributed by atoms with van der Waals surface area (Å²) in [7, 11) is 0. The number of nitrogens with zero attached hydrogens (tertiary/aromatic N) is 1. The lowest BCUT2D eigenvalue weighted by atomic mass is 10.1. The zero-order chi connectivity index (χ0) is 11.2. The predicted molar refractivity (Wildman–Crippen MR) is 66.6 cm³/mol. The van der Waals surface area contributed by atoms with Crippen LogP contribution >= 0.6 is 0 Å². The summed E-state index contributed by atoms with van der Waals surface area (Å²) in [6, 6.07) is 2.19. The van der Waals surface area contributed by atoms with E-state index < -0.39 is 0 Å². The molecule has 0 fully saturated rings. The van der Waals surface area contributed by atoms with Crippen LogP contribution in [0.15, 0.2) is 12.2 Å². The van der Waals surface area contributed by atoms with E-state index in [0.717, 1.165) is 12.8 Å². The quantitative estimate of drug-likeness (QED) is 0.366. The van der Waals surface area contributed by atoms with Gasteiger partial charge in [-0.15, -0.1) is 0 Å². The van der Waals surface area contributed by atoms with Gasteiger partial charge in [-0.2, -0.15) is 5.26 Å². The molecular weight excluding hydrogens is 182 g/mol. The third kappa shape index (κ3) is 13.2. The van der Waals surface area contributed by atoms with Gasteiger partial charge < -0.3 is 0 Å². The summed E-state index contributed by atoms with van der Waals surface area (Å²) >= 11 is 0. The summed E-state index contributed by atoms with van der Waals surface area (Å²) in [5, 5.41) is 8.35. The number of hydrogen-bond donors (Lipinski definition) is 0. The van der Waals surface area contributed by atoms with Crippen LogP contribution in [0.2, 0.25) is 0 Å². The minimum Gasteiger partial charge on any atom is -0.198 e. The molecule has 0 saturated carbocycles. The molecule has 1 heteroatoms. The van der Waals surface area contributed by atoms with Crippen molar-refractivity contribution >= 4 is 0 Å². The van der Waals surface area contributed by atoms with Crippen molar-refractivity contribution in [2.45, 2.75) is 71.1 Å². The van der Waals surface area contributed by atoms with Crippen LogP contribution in [0.3, 0.4) is 0 Å². The van der Waals surface area contributed by atoms with Crippen molar-refractivity contribution in [2.75, 3.05) is 0 Å². The molecule has 15 heavy (non-hydrogen) atoms. The molecule has 86 valence electrons. The van der Waals surface area contributed by atoms with Crippen molar-refractivity contribution < 1.29 is 0 Å². The van der Waals surface area contributed by atoms with Crippen LogP contribution in [0.1, 0.15) is 71.1 Å². The van der Waals surface area contributed by atoms with E-state index in [4.69, 9.17) is 5.26 Å². The van der Waals surface area contributed by atoms with E-state index in [1.165, 1.54) is 51.4 Å². The molecule has 0 atom stereocenters. The highest BCUT2D eigenvalue weighted by molar-refractivity contribution is 4.81. The minimum absolute atomic E-state index is 0.733. The van der Waals surface area contributed by atoms with Crippen LogP contribution in [-0.2, 0) is 0 Å². The molecule has 0 aromatic heterocycles. The Kier molecular flexibility index (Phi) is 12.6. The van der Waals surface area contributed by atoms with Gasteiger partial charge in [-0.05, 0) is 25.7 Å². The van der Waals surface area contributed by atoms with Crippen molar-refractivity contribution in [3.05, 3.63) is 12.2 Å². The molecular formula is C14H25N. The van der Waals surface area contributed by atoms with Crippen LogP contribution in [0.25, 0.3) is 0 Å². The highest BCUT2D eigenvalue weighted by Crippen LogP contribution is 2.07. The second kappa shape index (κ2) is 13.2. The topological polar surface area (TPSA) is 23.8 Å². The molecule has 0 aliphatic heterocycles. The Morgan fingerprint density at radius 2 is 1.47 bits per heavy atom. The Bertz CT molecular complexity index is 176. The van der Waals surface area contributed by atoms with Crippen LogP contribution in [0.4, 0.5) is 0 Å². The molecule has 0 bridgehead atoms. The molecule has 0 saturated heterocycles. The third-order valence-corrected chi connectivity index (χ3v) is 2.55. The summed E-state index contributed by atoms with van der Waals surface area (Å²) in [6.07, 6.45) is 16.7. The van der Waals surface area contributed by atoms with Gasteiger partial charge in [0.05, 0.1) is 6.07 Å². The van der Waals surface area contributed by atoms with Gasteiger partial charge in [-0.25, -0.2) is 0 Å². The maximum atomic E-state index is 8.35. The van der Waals surface area contributed by atoms with Gasteiger partial charge in [-0.3, -0.25) is 0 Å². The van der Waals surface area contributed by atoms with Gasteiger partial charge in [0.2, 0.25) is 0 Å². The fourth-order valence-corrected chi connectivity index (χ4v) is 1.55. The van der Waals surface area contributed by atoms with Crippen molar-refractivity contribution in [1.29, 1.82) is 5.26 Å². The Labute approximate surface area is 95.2 Å². The Hall–Kier alpha value is -0.770. The monoisotopic (exact) mass is 207 g/mol. The standard InChI is InChI=1S/C14H25N/c1-2-3-4-5-6-7-8-9-10-11-12-13-14-15/h5-6H,2-4,7-13H2,1H3/b6-5+. The first-order chi connectivity index (χ1) is 7.41. The molecule has 0 amide bonds. The third-order valence-electron chi connectivity index (χ3n) is 2.55. The van der Waals surface area contributed by atoms with Crippen molar-refractivity contribution in [2.24, 2.45) is 0 Å². The summed E-state index contributed by atoms with van der Waals surface area (Å²) in [5.74, 6) is 0. The van der Waals surface area contributed by atoms with E-state index in [1.807, 2.05) is 0 Å². The molecule has 0 radical (unpaired) electrons. The van der Waals surface area contributed by atoms with Gasteiger partial charge in [-0.1, -0.05) is 51.2 Å². The summed E-state index contributed by atoms with van der Waals surface area (Å²) < 4.78 is 0. The molecule has 0 heterocycles. The zero-order valence-electron chi connectivity index (χ0n) is 10.2. The van der Waals surface area contributed by atoms with Gasteiger partial charge in [0.15, 0.2) is 0 Å². The predicted octanol–water partition coefficient (Wildman–Crippen LogP) is 4.99. The SMILES string of the molecule is CCCC/C=C/CCCCCCCC#N. The Morgan fingerprint density at radius 1 is 0.867 bits per heavy atom. The van der Waals surface area contributed by atoms with Gasteiger partial charge >= 0.3 is 0 Å². The highest BCUT2D eigenvalue weighted by atomic mass is 14.2. The molecule has 0 aliphatic carbocycles. The molecule has 0 aliphatic rings.